The van der Waals surface area contributed by atoms with E-state index in [1.807, 2.05) is 20.8 Å². The van der Waals surface area contributed by atoms with E-state index in [0.29, 0.717) is 13.0 Å². The van der Waals surface area contributed by atoms with Gasteiger partial charge in [0, 0.05) is 24.5 Å². The number of rotatable bonds is 6. The Bertz CT molecular complexity index is 271. The van der Waals surface area contributed by atoms with Crippen LogP contribution in [0.3, 0.4) is 0 Å². The third kappa shape index (κ3) is 7.74. The summed E-state index contributed by atoms with van der Waals surface area (Å²) in [5, 5.41) is 14.7. The van der Waals surface area contributed by atoms with Gasteiger partial charge in [0.1, 0.15) is 0 Å². The average molecular weight is 244 g/mol. The highest BCUT2D eigenvalue weighted by Crippen LogP contribution is 2.03. The van der Waals surface area contributed by atoms with Gasteiger partial charge in [0.05, 0.1) is 5.92 Å². The van der Waals surface area contributed by atoms with Crippen LogP contribution in [0.2, 0.25) is 0 Å². The lowest BCUT2D eigenvalue weighted by molar-refractivity contribution is -0.142. The Morgan fingerprint density at radius 3 is 2.18 bits per heavy atom. The molecule has 0 saturated heterocycles. The molecule has 0 spiro atoms. The molecule has 0 heterocycles. The van der Waals surface area contributed by atoms with E-state index in [0.717, 1.165) is 0 Å². The molecule has 0 saturated carbocycles. The van der Waals surface area contributed by atoms with Gasteiger partial charge in [-0.3, -0.25) is 9.59 Å². The zero-order valence-corrected chi connectivity index (χ0v) is 11.3. The second-order valence-corrected chi connectivity index (χ2v) is 5.41. The number of carbonyl (C=O) groups excluding carboxylic acids is 1. The summed E-state index contributed by atoms with van der Waals surface area (Å²) in [6, 6.07) is -0.352. The van der Waals surface area contributed by atoms with E-state index < -0.39 is 11.9 Å². The van der Waals surface area contributed by atoms with Crippen LogP contribution in [0.25, 0.3) is 0 Å². The highest BCUT2D eigenvalue weighted by Gasteiger charge is 2.20. The number of hydrogen-bond acceptors (Lipinski definition) is 3. The number of amides is 1. The Hall–Kier alpha value is -1.10. The number of nitrogens with one attached hydrogen (secondary N) is 2. The summed E-state index contributed by atoms with van der Waals surface area (Å²) in [4.78, 5) is 22.2. The van der Waals surface area contributed by atoms with Gasteiger partial charge in [-0.15, -0.1) is 0 Å². The lowest BCUT2D eigenvalue weighted by Crippen LogP contribution is -2.42. The van der Waals surface area contributed by atoms with E-state index in [4.69, 9.17) is 5.11 Å². The molecule has 0 aromatic rings. The number of carboxylic acids is 1. The van der Waals surface area contributed by atoms with Crippen LogP contribution in [0, 0.1) is 5.92 Å². The van der Waals surface area contributed by atoms with E-state index in [2.05, 4.69) is 10.6 Å². The van der Waals surface area contributed by atoms with Crippen molar-refractivity contribution in [3.05, 3.63) is 0 Å². The molecular weight excluding hydrogens is 220 g/mol. The van der Waals surface area contributed by atoms with Crippen molar-refractivity contribution in [3.8, 4) is 0 Å². The highest BCUT2D eigenvalue weighted by molar-refractivity contribution is 5.78. The van der Waals surface area contributed by atoms with E-state index in [9.17, 15) is 9.59 Å². The second kappa shape index (κ2) is 6.59. The Morgan fingerprint density at radius 2 is 1.76 bits per heavy atom. The zero-order chi connectivity index (χ0) is 13.6. The highest BCUT2D eigenvalue weighted by atomic mass is 16.4. The maximum Gasteiger partial charge on any atom is 0.308 e. The number of carboxylic acid groups (broad SMARTS) is 1. The minimum atomic E-state index is -0.898. The largest absolute Gasteiger partial charge is 0.481 e. The van der Waals surface area contributed by atoms with Crippen molar-refractivity contribution >= 4 is 11.9 Å². The quantitative estimate of drug-likeness (QED) is 0.651. The van der Waals surface area contributed by atoms with E-state index in [1.165, 1.54) is 0 Å². The van der Waals surface area contributed by atoms with Crippen LogP contribution in [0.15, 0.2) is 0 Å². The maximum absolute atomic E-state index is 11.5. The zero-order valence-electron chi connectivity index (χ0n) is 11.3. The van der Waals surface area contributed by atoms with Crippen molar-refractivity contribution in [3.63, 3.8) is 0 Å². The fraction of sp³-hybridized carbons (Fsp3) is 0.833. The molecule has 0 fully saturated rings. The van der Waals surface area contributed by atoms with Crippen LogP contribution in [0.1, 0.15) is 41.0 Å². The van der Waals surface area contributed by atoms with Gasteiger partial charge in [-0.2, -0.15) is 0 Å². The summed E-state index contributed by atoms with van der Waals surface area (Å²) in [6.45, 7) is 9.96. The molecule has 5 nitrogen and oxygen atoms in total. The van der Waals surface area contributed by atoms with Crippen molar-refractivity contribution in [2.24, 2.45) is 5.92 Å². The minimum Gasteiger partial charge on any atom is -0.481 e. The van der Waals surface area contributed by atoms with E-state index in [1.54, 1.807) is 13.8 Å². The monoisotopic (exact) mass is 244 g/mol. The lowest BCUT2D eigenvalue weighted by Gasteiger charge is -2.21. The van der Waals surface area contributed by atoms with Crippen molar-refractivity contribution in [2.45, 2.75) is 52.6 Å². The molecule has 1 amide bonds. The number of hydrogen-bond donors (Lipinski definition) is 3. The summed E-state index contributed by atoms with van der Waals surface area (Å²) < 4.78 is 0. The standard InChI is InChI=1S/C12H24N2O3/c1-8(11(16)17)9(2)14-10(15)6-7-13-12(3,4)5/h8-9,13H,6-7H2,1-5H3,(H,14,15)(H,16,17). The molecule has 0 bridgehead atoms. The first kappa shape index (κ1) is 15.9. The first-order valence-corrected chi connectivity index (χ1v) is 5.90. The van der Waals surface area contributed by atoms with Crippen LogP contribution in [0.4, 0.5) is 0 Å². The van der Waals surface area contributed by atoms with Gasteiger partial charge in [0.25, 0.3) is 0 Å². The molecular formula is C12H24N2O3. The molecule has 17 heavy (non-hydrogen) atoms. The summed E-state index contributed by atoms with van der Waals surface area (Å²) in [7, 11) is 0. The minimum absolute atomic E-state index is 0.0136. The fourth-order valence-corrected chi connectivity index (χ4v) is 1.22. The maximum atomic E-state index is 11.5. The average Bonchev–Trinajstić information content (AvgIpc) is 2.13. The molecule has 0 rings (SSSR count). The van der Waals surface area contributed by atoms with Crippen LogP contribution in [-0.4, -0.2) is 35.1 Å². The first-order valence-electron chi connectivity index (χ1n) is 5.90. The smallest absolute Gasteiger partial charge is 0.308 e. The molecule has 0 radical (unpaired) electrons. The lowest BCUT2D eigenvalue weighted by atomic mass is 10.0. The van der Waals surface area contributed by atoms with Crippen molar-refractivity contribution in [2.75, 3.05) is 6.54 Å². The number of aliphatic carboxylic acids is 1. The van der Waals surface area contributed by atoms with Gasteiger partial charge < -0.3 is 15.7 Å². The molecule has 0 aliphatic carbocycles. The summed E-state index contributed by atoms with van der Waals surface area (Å²) >= 11 is 0. The van der Waals surface area contributed by atoms with Crippen molar-refractivity contribution in [1.29, 1.82) is 0 Å². The third-order valence-electron chi connectivity index (χ3n) is 2.54. The molecule has 2 atom stereocenters. The molecule has 3 N–H and O–H groups in total. The molecule has 2 unspecified atom stereocenters. The topological polar surface area (TPSA) is 78.4 Å². The summed E-state index contributed by atoms with van der Waals surface area (Å²) in [5.41, 5.74) is -0.0136. The Morgan fingerprint density at radius 1 is 1.24 bits per heavy atom. The molecule has 0 aliphatic rings. The second-order valence-electron chi connectivity index (χ2n) is 5.41. The van der Waals surface area contributed by atoms with Crippen LogP contribution in [-0.2, 0) is 9.59 Å². The molecule has 5 heteroatoms. The normalized spacial score (nSPS) is 15.1. The Labute approximate surface area is 103 Å². The van der Waals surface area contributed by atoms with Crippen LogP contribution in [0.5, 0.6) is 0 Å². The Balaban J connectivity index is 3.91. The van der Waals surface area contributed by atoms with Gasteiger partial charge >= 0.3 is 5.97 Å². The molecule has 0 aromatic heterocycles. The van der Waals surface area contributed by atoms with Gasteiger partial charge in [-0.1, -0.05) is 0 Å². The third-order valence-corrected chi connectivity index (χ3v) is 2.54. The van der Waals surface area contributed by atoms with Gasteiger partial charge in [0.15, 0.2) is 0 Å². The SMILES string of the molecule is CC(NC(=O)CCNC(C)(C)C)C(C)C(=O)O. The fourth-order valence-electron chi connectivity index (χ4n) is 1.22. The van der Waals surface area contributed by atoms with Crippen molar-refractivity contribution < 1.29 is 14.7 Å². The predicted octanol–water partition coefficient (Wildman–Crippen LogP) is 0.990. The van der Waals surface area contributed by atoms with Gasteiger partial charge in [-0.05, 0) is 34.6 Å². The number of carbonyl (C=O) groups is 2. The van der Waals surface area contributed by atoms with Crippen molar-refractivity contribution in [1.82, 2.24) is 10.6 Å². The Kier molecular flexibility index (Phi) is 6.16. The molecule has 100 valence electrons. The van der Waals surface area contributed by atoms with E-state index in [-0.39, 0.29) is 17.5 Å². The van der Waals surface area contributed by atoms with Crippen LogP contribution >= 0.6 is 0 Å². The molecule has 0 aliphatic heterocycles. The predicted molar refractivity (Wildman–Crippen MR) is 66.8 cm³/mol. The van der Waals surface area contributed by atoms with Crippen LogP contribution < -0.4 is 10.6 Å². The summed E-state index contributed by atoms with van der Waals surface area (Å²) in [6.07, 6.45) is 0.355. The van der Waals surface area contributed by atoms with E-state index >= 15 is 0 Å². The van der Waals surface area contributed by atoms with Gasteiger partial charge in [-0.25, -0.2) is 0 Å². The van der Waals surface area contributed by atoms with Gasteiger partial charge in [0.2, 0.25) is 5.91 Å². The summed E-state index contributed by atoms with van der Waals surface area (Å²) in [5.74, 6) is -1.59. The first-order chi connectivity index (χ1) is 7.63. The molecule has 0 aromatic carbocycles.